The monoisotopic (exact) mass is 365 g/mol. The van der Waals surface area contributed by atoms with Gasteiger partial charge in [0.05, 0.1) is 18.8 Å². The number of aliphatic hydroxyl groups excluding tert-OH is 1. The fourth-order valence-corrected chi connectivity index (χ4v) is 5.04. The quantitative estimate of drug-likeness (QED) is 0.855. The predicted molar refractivity (Wildman–Crippen MR) is 101 cm³/mol. The average molecular weight is 365 g/mol. The van der Waals surface area contributed by atoms with Crippen LogP contribution in [0.1, 0.15) is 29.9 Å². The lowest BCUT2D eigenvalue weighted by atomic mass is 9.63. The number of carbonyl (C=O) groups is 1. The molecule has 2 N–H and O–H groups in total. The second-order valence-corrected chi connectivity index (χ2v) is 8.16. The van der Waals surface area contributed by atoms with Gasteiger partial charge in [-0.05, 0) is 35.1 Å². The minimum atomic E-state index is -0.414. The largest absolute Gasteiger partial charge is 0.449 e. The van der Waals surface area contributed by atoms with Crippen molar-refractivity contribution in [3.63, 3.8) is 0 Å². The van der Waals surface area contributed by atoms with Gasteiger partial charge >= 0.3 is 6.09 Å². The maximum Gasteiger partial charge on any atom is 0.407 e. The Morgan fingerprint density at radius 2 is 1.74 bits per heavy atom. The Labute approximate surface area is 158 Å². The van der Waals surface area contributed by atoms with Crippen molar-refractivity contribution in [3.05, 3.63) is 59.7 Å². The van der Waals surface area contributed by atoms with E-state index in [4.69, 9.17) is 9.47 Å². The minimum absolute atomic E-state index is 0.0646. The third-order valence-electron chi connectivity index (χ3n) is 6.31. The van der Waals surface area contributed by atoms with Crippen molar-refractivity contribution in [2.75, 3.05) is 26.4 Å². The molecule has 0 aromatic heterocycles. The van der Waals surface area contributed by atoms with Gasteiger partial charge in [0.2, 0.25) is 0 Å². The van der Waals surface area contributed by atoms with Crippen molar-refractivity contribution >= 4 is 6.09 Å². The van der Waals surface area contributed by atoms with E-state index in [2.05, 4.69) is 29.6 Å². The van der Waals surface area contributed by atoms with Crippen molar-refractivity contribution in [1.29, 1.82) is 0 Å². The molecule has 0 radical (unpaired) electrons. The number of hydrogen-bond acceptors (Lipinski definition) is 4. The normalized spacial score (nSPS) is 27.6. The van der Waals surface area contributed by atoms with Crippen LogP contribution < -0.4 is 5.32 Å². The second kappa shape index (κ2) is 6.08. The maximum atomic E-state index is 12.3. The predicted octanol–water partition coefficient (Wildman–Crippen LogP) is 3.07. The van der Waals surface area contributed by atoms with E-state index in [1.165, 1.54) is 22.3 Å². The molecule has 2 aromatic rings. The van der Waals surface area contributed by atoms with E-state index in [9.17, 15) is 9.90 Å². The Kier molecular flexibility index (Phi) is 3.78. The number of benzene rings is 2. The van der Waals surface area contributed by atoms with E-state index >= 15 is 0 Å². The molecule has 2 saturated heterocycles. The summed E-state index contributed by atoms with van der Waals surface area (Å²) in [6.07, 6.45) is 1.20. The molecular weight excluding hydrogens is 342 g/mol. The van der Waals surface area contributed by atoms with E-state index in [1.54, 1.807) is 0 Å². The highest BCUT2D eigenvalue weighted by molar-refractivity contribution is 5.79. The first-order valence-electron chi connectivity index (χ1n) is 9.47. The number of alkyl carbamates (subject to hydrolysis) is 1. The van der Waals surface area contributed by atoms with Gasteiger partial charge in [-0.3, -0.25) is 0 Å². The van der Waals surface area contributed by atoms with Crippen LogP contribution in [0.15, 0.2) is 48.5 Å². The van der Waals surface area contributed by atoms with Crippen molar-refractivity contribution in [2.45, 2.75) is 24.4 Å². The number of rotatable bonds is 5. The van der Waals surface area contributed by atoms with Gasteiger partial charge in [0.15, 0.2) is 0 Å². The van der Waals surface area contributed by atoms with Crippen LogP contribution in [0.25, 0.3) is 11.1 Å². The molecule has 1 amide bonds. The van der Waals surface area contributed by atoms with Crippen LogP contribution in [0.5, 0.6) is 0 Å². The Morgan fingerprint density at radius 3 is 2.33 bits per heavy atom. The lowest BCUT2D eigenvalue weighted by Crippen LogP contribution is -2.52. The zero-order valence-corrected chi connectivity index (χ0v) is 15.1. The molecule has 5 heteroatoms. The highest BCUT2D eigenvalue weighted by Gasteiger charge is 2.62. The summed E-state index contributed by atoms with van der Waals surface area (Å²) in [6.45, 7) is 1.48. The van der Waals surface area contributed by atoms with E-state index in [1.807, 2.05) is 24.3 Å². The lowest BCUT2D eigenvalue weighted by molar-refractivity contribution is -0.0265. The van der Waals surface area contributed by atoms with Gasteiger partial charge < -0.3 is 19.9 Å². The molecule has 2 heterocycles. The van der Waals surface area contributed by atoms with Crippen LogP contribution in [0, 0.1) is 5.41 Å². The third-order valence-corrected chi connectivity index (χ3v) is 6.31. The molecular formula is C22H23NO4. The zero-order valence-electron chi connectivity index (χ0n) is 15.1. The summed E-state index contributed by atoms with van der Waals surface area (Å²) in [6, 6.07) is 16.6. The molecule has 2 aromatic carbocycles. The van der Waals surface area contributed by atoms with Crippen LogP contribution in [0.3, 0.4) is 0 Å². The smallest absolute Gasteiger partial charge is 0.407 e. The van der Waals surface area contributed by atoms with Gasteiger partial charge in [-0.1, -0.05) is 48.5 Å². The zero-order chi connectivity index (χ0) is 18.5. The molecule has 0 atom stereocenters. The maximum absolute atomic E-state index is 12.3. The number of ether oxygens (including phenoxy) is 2. The molecule has 5 nitrogen and oxygen atoms in total. The van der Waals surface area contributed by atoms with Gasteiger partial charge in [0, 0.05) is 17.9 Å². The Bertz CT molecular complexity index is 842. The van der Waals surface area contributed by atoms with Gasteiger partial charge in [0.25, 0.3) is 0 Å². The molecule has 4 aliphatic rings. The first-order valence-corrected chi connectivity index (χ1v) is 9.47. The summed E-state index contributed by atoms with van der Waals surface area (Å²) < 4.78 is 11.4. The van der Waals surface area contributed by atoms with E-state index in [0.29, 0.717) is 19.8 Å². The molecule has 0 spiro atoms. The number of hydrogen-bond donors (Lipinski definition) is 2. The van der Waals surface area contributed by atoms with Crippen LogP contribution in [0.4, 0.5) is 4.79 Å². The molecule has 2 aliphatic carbocycles. The molecule has 27 heavy (non-hydrogen) atoms. The Morgan fingerprint density at radius 1 is 1.11 bits per heavy atom. The molecule has 3 fully saturated rings. The molecule has 140 valence electrons. The molecule has 6 rings (SSSR count). The van der Waals surface area contributed by atoms with Crippen LogP contribution >= 0.6 is 0 Å². The first kappa shape index (κ1) is 16.8. The summed E-state index contributed by atoms with van der Waals surface area (Å²) in [7, 11) is 0. The standard InChI is InChI=1S/C22H23NO4/c24-13-21-10-22(11-21,27-14-21)12-23-20(25)26-9-19-17-7-3-1-5-15(17)16-6-2-4-8-18(16)19/h1-8,19,24H,9-14H2,(H,23,25). The second-order valence-electron chi connectivity index (χ2n) is 8.16. The number of amides is 1. The molecule has 2 aliphatic heterocycles. The minimum Gasteiger partial charge on any atom is -0.449 e. The number of aliphatic hydroxyl groups is 1. The first-order chi connectivity index (χ1) is 13.1. The van der Waals surface area contributed by atoms with Gasteiger partial charge in [0.1, 0.15) is 6.61 Å². The number of nitrogens with one attached hydrogen (secondary N) is 1. The summed E-state index contributed by atoms with van der Waals surface area (Å²) in [5, 5.41) is 12.3. The summed E-state index contributed by atoms with van der Waals surface area (Å²) in [4.78, 5) is 12.3. The van der Waals surface area contributed by atoms with Gasteiger partial charge in [-0.15, -0.1) is 0 Å². The highest BCUT2D eigenvalue weighted by Crippen LogP contribution is 2.57. The topological polar surface area (TPSA) is 67.8 Å². The van der Waals surface area contributed by atoms with Crippen molar-refractivity contribution in [2.24, 2.45) is 5.41 Å². The SMILES string of the molecule is O=C(NCC12CC(CO)(CO1)C2)OCC1c2ccccc2-c2ccccc21. The van der Waals surface area contributed by atoms with Crippen LogP contribution in [-0.4, -0.2) is 43.2 Å². The van der Waals surface area contributed by atoms with Crippen molar-refractivity contribution in [3.8, 4) is 11.1 Å². The third kappa shape index (κ3) is 2.65. The van der Waals surface area contributed by atoms with Crippen molar-refractivity contribution < 1.29 is 19.4 Å². The molecule has 1 saturated carbocycles. The van der Waals surface area contributed by atoms with Crippen molar-refractivity contribution in [1.82, 2.24) is 5.32 Å². The van der Waals surface area contributed by atoms with Gasteiger partial charge in [-0.25, -0.2) is 4.79 Å². The Hall–Kier alpha value is -2.37. The fraction of sp³-hybridized carbons (Fsp3) is 0.409. The fourth-order valence-electron chi connectivity index (χ4n) is 5.04. The lowest BCUT2D eigenvalue weighted by Gasteiger charge is -2.43. The molecule has 2 bridgehead atoms. The average Bonchev–Trinajstić information content (AvgIpc) is 3.33. The van der Waals surface area contributed by atoms with E-state index in [0.717, 1.165) is 12.8 Å². The summed E-state index contributed by atoms with van der Waals surface area (Å²) in [5.41, 5.74) is 4.45. The highest BCUT2D eigenvalue weighted by atomic mass is 16.6. The molecule has 0 unspecified atom stereocenters. The van der Waals surface area contributed by atoms with Gasteiger partial charge in [-0.2, -0.15) is 0 Å². The van der Waals surface area contributed by atoms with Crippen LogP contribution in [0.2, 0.25) is 0 Å². The summed E-state index contributed by atoms with van der Waals surface area (Å²) >= 11 is 0. The summed E-state index contributed by atoms with van der Waals surface area (Å²) in [5.74, 6) is 0.0646. The number of fused-ring (bicyclic) bond motifs is 4. The Balaban J connectivity index is 1.21. The van der Waals surface area contributed by atoms with Crippen LogP contribution in [-0.2, 0) is 9.47 Å². The van der Waals surface area contributed by atoms with E-state index < -0.39 is 6.09 Å². The van der Waals surface area contributed by atoms with E-state index in [-0.39, 0.29) is 23.5 Å². The number of carbonyl (C=O) groups excluding carboxylic acids is 1.